The van der Waals surface area contributed by atoms with E-state index in [9.17, 15) is 9.59 Å². The first-order chi connectivity index (χ1) is 7.15. The Morgan fingerprint density at radius 3 is 2.13 bits per heavy atom. The van der Waals surface area contributed by atoms with Crippen LogP contribution in [-0.4, -0.2) is 7.11 Å². The molecule has 2 aromatic carbocycles. The summed E-state index contributed by atoms with van der Waals surface area (Å²) in [5.41, 5.74) is 1.24. The van der Waals surface area contributed by atoms with E-state index < -0.39 is 10.9 Å². The number of hydrogen-bond acceptors (Lipinski definition) is 3. The van der Waals surface area contributed by atoms with E-state index in [2.05, 4.69) is 0 Å². The zero-order valence-corrected chi connectivity index (χ0v) is 8.53. The predicted molar refractivity (Wildman–Crippen MR) is 58.1 cm³/mol. The number of rotatable bonds is 2. The van der Waals surface area contributed by atoms with E-state index in [-0.39, 0.29) is 5.75 Å². The zero-order valence-electron chi connectivity index (χ0n) is 8.53. The standard InChI is InChI=1S/C12H10O3/c1-7-3-5-8(6-4-7)9-10(13)11(14)12(9)15-2/h3-6H,1-2H3. The maximum Gasteiger partial charge on any atom is 0.268 e. The zero-order chi connectivity index (χ0) is 11.0. The van der Waals surface area contributed by atoms with E-state index in [0.29, 0.717) is 5.56 Å². The average molecular weight is 202 g/mol. The molecule has 0 aliphatic carbocycles. The molecule has 0 atom stereocenters. The smallest absolute Gasteiger partial charge is 0.268 e. The third kappa shape index (κ3) is 1.36. The average Bonchev–Trinajstić information content (AvgIpc) is 2.26. The minimum Gasteiger partial charge on any atom is -0.492 e. The molecule has 3 nitrogen and oxygen atoms in total. The molecule has 0 saturated heterocycles. The topological polar surface area (TPSA) is 43.4 Å². The van der Waals surface area contributed by atoms with Crippen LogP contribution in [0.25, 0.3) is 11.1 Å². The molecule has 0 unspecified atom stereocenters. The van der Waals surface area contributed by atoms with Crippen molar-refractivity contribution < 1.29 is 4.74 Å². The van der Waals surface area contributed by atoms with Gasteiger partial charge in [0.15, 0.2) is 5.75 Å². The Labute approximate surface area is 86.6 Å². The molecule has 0 amide bonds. The molecule has 0 saturated carbocycles. The van der Waals surface area contributed by atoms with Gasteiger partial charge in [-0.15, -0.1) is 0 Å². The van der Waals surface area contributed by atoms with Gasteiger partial charge in [-0.1, -0.05) is 29.8 Å². The summed E-state index contributed by atoms with van der Waals surface area (Å²) in [6.45, 7) is 1.96. The lowest BCUT2D eigenvalue weighted by Crippen LogP contribution is -2.33. The van der Waals surface area contributed by atoms with Gasteiger partial charge in [0, 0.05) is 0 Å². The lowest BCUT2D eigenvalue weighted by atomic mass is 9.99. The van der Waals surface area contributed by atoms with Crippen LogP contribution in [0.1, 0.15) is 5.56 Å². The van der Waals surface area contributed by atoms with Crippen LogP contribution in [0.4, 0.5) is 0 Å². The van der Waals surface area contributed by atoms with Crippen LogP contribution in [0.2, 0.25) is 0 Å². The van der Waals surface area contributed by atoms with Gasteiger partial charge < -0.3 is 4.74 Å². The highest BCUT2D eigenvalue weighted by Gasteiger charge is 2.22. The molecule has 2 aromatic rings. The van der Waals surface area contributed by atoms with Gasteiger partial charge in [0.25, 0.3) is 5.43 Å². The first-order valence-electron chi connectivity index (χ1n) is 4.59. The first kappa shape index (κ1) is 9.65. The Hall–Kier alpha value is -1.90. The molecule has 0 aromatic heterocycles. The van der Waals surface area contributed by atoms with Crippen LogP contribution in [0, 0.1) is 6.92 Å². The van der Waals surface area contributed by atoms with Crippen LogP contribution in [-0.2, 0) is 0 Å². The molecule has 0 N–H and O–H groups in total. The van der Waals surface area contributed by atoms with Crippen molar-refractivity contribution in [2.24, 2.45) is 0 Å². The molecule has 76 valence electrons. The summed E-state index contributed by atoms with van der Waals surface area (Å²) in [5.74, 6) is 0.170. The van der Waals surface area contributed by atoms with Gasteiger partial charge in [-0.2, -0.15) is 0 Å². The van der Waals surface area contributed by atoms with Crippen molar-refractivity contribution in [3.05, 3.63) is 50.3 Å². The largest absolute Gasteiger partial charge is 0.492 e. The first-order valence-corrected chi connectivity index (χ1v) is 4.59. The van der Waals surface area contributed by atoms with Gasteiger partial charge in [0.2, 0.25) is 5.43 Å². The quantitative estimate of drug-likeness (QED) is 0.689. The van der Waals surface area contributed by atoms with Crippen molar-refractivity contribution in [1.29, 1.82) is 0 Å². The fourth-order valence-corrected chi connectivity index (χ4v) is 1.55. The highest BCUT2D eigenvalue weighted by molar-refractivity contribution is 5.73. The normalized spacial score (nSPS) is 10.5. The summed E-state index contributed by atoms with van der Waals surface area (Å²) in [4.78, 5) is 22.4. The van der Waals surface area contributed by atoms with E-state index in [1.807, 2.05) is 31.2 Å². The Morgan fingerprint density at radius 2 is 1.60 bits per heavy atom. The molecule has 0 radical (unpaired) electrons. The molecule has 0 heterocycles. The van der Waals surface area contributed by atoms with Crippen molar-refractivity contribution >= 4 is 0 Å². The summed E-state index contributed by atoms with van der Waals surface area (Å²) in [7, 11) is 1.40. The minimum absolute atomic E-state index is 0.170. The Bertz CT molecular complexity index is 557. The monoisotopic (exact) mass is 202 g/mol. The number of hydrogen-bond donors (Lipinski definition) is 0. The summed E-state index contributed by atoms with van der Waals surface area (Å²) in [6, 6.07) is 7.42. The second kappa shape index (κ2) is 3.35. The summed E-state index contributed by atoms with van der Waals surface area (Å²) < 4.78 is 4.88. The summed E-state index contributed by atoms with van der Waals surface area (Å²) in [5, 5.41) is 0. The molecule has 0 bridgehead atoms. The number of benzene rings is 1. The molecule has 0 spiro atoms. The number of methoxy groups -OCH3 is 1. The minimum atomic E-state index is -0.534. The molecule has 2 rings (SSSR count). The second-order valence-electron chi connectivity index (χ2n) is 3.43. The van der Waals surface area contributed by atoms with E-state index in [4.69, 9.17) is 4.74 Å². The molecule has 15 heavy (non-hydrogen) atoms. The molecular formula is C12H10O3. The SMILES string of the molecule is COc1c(-c2ccc(C)cc2)c(=O)c1=O. The van der Waals surface area contributed by atoms with Gasteiger partial charge in [-0.05, 0) is 12.5 Å². The van der Waals surface area contributed by atoms with Gasteiger partial charge in [0.05, 0.1) is 12.7 Å². The maximum absolute atomic E-state index is 11.3. The van der Waals surface area contributed by atoms with E-state index in [1.54, 1.807) is 0 Å². The van der Waals surface area contributed by atoms with Crippen LogP contribution >= 0.6 is 0 Å². The predicted octanol–water partition coefficient (Wildman–Crippen LogP) is 1.27. The van der Waals surface area contributed by atoms with Crippen LogP contribution in [0.5, 0.6) is 5.75 Å². The molecule has 0 aliphatic heterocycles. The third-order valence-corrected chi connectivity index (χ3v) is 2.41. The third-order valence-electron chi connectivity index (χ3n) is 2.41. The van der Waals surface area contributed by atoms with Crippen LogP contribution in [0.15, 0.2) is 33.9 Å². The van der Waals surface area contributed by atoms with E-state index in [0.717, 1.165) is 11.1 Å². The van der Waals surface area contributed by atoms with Crippen LogP contribution < -0.4 is 15.6 Å². The maximum atomic E-state index is 11.3. The van der Waals surface area contributed by atoms with E-state index in [1.165, 1.54) is 7.11 Å². The van der Waals surface area contributed by atoms with Crippen molar-refractivity contribution in [2.75, 3.05) is 7.11 Å². The van der Waals surface area contributed by atoms with Gasteiger partial charge in [0.1, 0.15) is 0 Å². The van der Waals surface area contributed by atoms with Gasteiger partial charge in [-0.25, -0.2) is 0 Å². The van der Waals surface area contributed by atoms with Crippen molar-refractivity contribution in [3.8, 4) is 16.9 Å². The lowest BCUT2D eigenvalue weighted by molar-refractivity contribution is 0.407. The van der Waals surface area contributed by atoms with Crippen molar-refractivity contribution in [2.45, 2.75) is 6.92 Å². The molecule has 0 aliphatic rings. The summed E-state index contributed by atoms with van der Waals surface area (Å²) >= 11 is 0. The Balaban J connectivity index is 2.56. The Morgan fingerprint density at radius 1 is 1.00 bits per heavy atom. The Kier molecular flexibility index (Phi) is 2.15. The van der Waals surface area contributed by atoms with Gasteiger partial charge in [-0.3, -0.25) is 9.59 Å². The number of aryl methyl sites for hydroxylation is 1. The molecule has 3 heteroatoms. The second-order valence-corrected chi connectivity index (χ2v) is 3.43. The van der Waals surface area contributed by atoms with Gasteiger partial charge >= 0.3 is 0 Å². The summed E-state index contributed by atoms with van der Waals surface area (Å²) in [6.07, 6.45) is 0. The van der Waals surface area contributed by atoms with E-state index >= 15 is 0 Å². The number of ether oxygens (including phenoxy) is 1. The molecular weight excluding hydrogens is 192 g/mol. The van der Waals surface area contributed by atoms with Crippen LogP contribution in [0.3, 0.4) is 0 Å². The lowest BCUT2D eigenvalue weighted by Gasteiger charge is -2.09. The molecule has 0 fully saturated rings. The highest BCUT2D eigenvalue weighted by atomic mass is 16.5. The fraction of sp³-hybridized carbons (Fsp3) is 0.167. The van der Waals surface area contributed by atoms with Crippen molar-refractivity contribution in [3.63, 3.8) is 0 Å². The highest BCUT2D eigenvalue weighted by Crippen LogP contribution is 2.24. The fourth-order valence-electron chi connectivity index (χ4n) is 1.55. The van der Waals surface area contributed by atoms with Crippen molar-refractivity contribution in [1.82, 2.24) is 0 Å².